The van der Waals surface area contributed by atoms with Gasteiger partial charge in [-0.3, -0.25) is 0 Å². The van der Waals surface area contributed by atoms with Crippen LogP contribution >= 0.6 is 0 Å². The van der Waals surface area contributed by atoms with Gasteiger partial charge in [-0.1, -0.05) is 18.2 Å². The van der Waals surface area contributed by atoms with Gasteiger partial charge in [-0.15, -0.1) is 0 Å². The Kier molecular flexibility index (Phi) is 6.17. The predicted octanol–water partition coefficient (Wildman–Crippen LogP) is 7.07. The molecule has 0 bridgehead atoms. The predicted molar refractivity (Wildman–Crippen MR) is 141 cm³/mol. The van der Waals surface area contributed by atoms with Gasteiger partial charge in [0.25, 0.3) is 0 Å². The fourth-order valence-corrected chi connectivity index (χ4v) is 5.26. The van der Waals surface area contributed by atoms with Crippen molar-refractivity contribution in [2.45, 2.75) is 79.4 Å². The van der Waals surface area contributed by atoms with E-state index in [2.05, 4.69) is 54.5 Å². The van der Waals surface area contributed by atoms with E-state index in [-0.39, 0.29) is 23.0 Å². The largest absolute Gasteiger partial charge is 0.508 e. The zero-order valence-corrected chi connectivity index (χ0v) is 22.5. The average Bonchev–Trinajstić information content (AvgIpc) is 3.55. The molecule has 1 heterocycles. The molecule has 1 aliphatic rings. The van der Waals surface area contributed by atoms with Crippen molar-refractivity contribution in [2.75, 3.05) is 6.61 Å². The SMILES string of the molecule is Cc1ccc(O)c(C)c1C(c1c(C)ccc(O)c1C)c1c(C)ccc(OC(C)(C)C2(C)CO2)c1C. The second kappa shape index (κ2) is 8.60. The third kappa shape index (κ3) is 4.18. The number of hydrogen-bond acceptors (Lipinski definition) is 4. The highest BCUT2D eigenvalue weighted by Crippen LogP contribution is 2.47. The molecule has 186 valence electrons. The summed E-state index contributed by atoms with van der Waals surface area (Å²) in [5, 5.41) is 21.4. The van der Waals surface area contributed by atoms with E-state index in [1.807, 2.05) is 32.0 Å². The number of benzene rings is 3. The lowest BCUT2D eigenvalue weighted by Gasteiger charge is -2.33. The van der Waals surface area contributed by atoms with Gasteiger partial charge in [-0.2, -0.15) is 0 Å². The minimum absolute atomic E-state index is 0.186. The first-order chi connectivity index (χ1) is 16.3. The number of aromatic hydroxyl groups is 2. The molecule has 0 amide bonds. The van der Waals surface area contributed by atoms with Crippen LogP contribution in [0.15, 0.2) is 36.4 Å². The van der Waals surface area contributed by atoms with Crippen molar-refractivity contribution in [3.63, 3.8) is 0 Å². The van der Waals surface area contributed by atoms with Gasteiger partial charge >= 0.3 is 0 Å². The molecule has 0 aliphatic carbocycles. The molecule has 3 aromatic rings. The second-order valence-corrected chi connectivity index (χ2v) is 10.9. The van der Waals surface area contributed by atoms with E-state index in [1.54, 1.807) is 12.1 Å². The summed E-state index contributed by atoms with van der Waals surface area (Å²) in [7, 11) is 0. The molecule has 0 aromatic heterocycles. The minimum Gasteiger partial charge on any atom is -0.508 e. The van der Waals surface area contributed by atoms with Gasteiger partial charge in [0.05, 0.1) is 6.61 Å². The number of epoxide rings is 1. The maximum absolute atomic E-state index is 10.7. The Labute approximate surface area is 209 Å². The zero-order chi connectivity index (χ0) is 25.9. The van der Waals surface area contributed by atoms with E-state index < -0.39 is 5.60 Å². The normalized spacial score (nSPS) is 17.7. The highest BCUT2D eigenvalue weighted by Gasteiger charge is 2.55. The molecule has 35 heavy (non-hydrogen) atoms. The van der Waals surface area contributed by atoms with Gasteiger partial charge in [-0.05, 0) is 131 Å². The van der Waals surface area contributed by atoms with Gasteiger partial charge in [0.2, 0.25) is 0 Å². The summed E-state index contributed by atoms with van der Waals surface area (Å²) >= 11 is 0. The Morgan fingerprint density at radius 1 is 0.743 bits per heavy atom. The molecule has 0 spiro atoms. The maximum atomic E-state index is 10.7. The molecule has 3 aromatic carbocycles. The molecule has 1 aliphatic heterocycles. The topological polar surface area (TPSA) is 62.2 Å². The fourth-order valence-electron chi connectivity index (χ4n) is 5.26. The standard InChI is InChI=1S/C31H38O4/c1-17-10-13-23(32)20(4)26(17)29(27-18(2)11-14-24(33)21(27)5)28-19(3)12-15-25(22(28)6)35-30(7,8)31(9)16-34-31/h10-15,29,32-33H,16H2,1-9H3. The second-order valence-electron chi connectivity index (χ2n) is 10.9. The molecule has 1 unspecified atom stereocenters. The lowest BCUT2D eigenvalue weighted by molar-refractivity contribution is 0.0261. The number of rotatable bonds is 6. The van der Waals surface area contributed by atoms with Gasteiger partial charge in [0.1, 0.15) is 28.5 Å². The molecule has 1 atom stereocenters. The average molecular weight is 475 g/mol. The molecular weight excluding hydrogens is 436 g/mol. The van der Waals surface area contributed by atoms with Crippen LogP contribution in [0.25, 0.3) is 0 Å². The van der Waals surface area contributed by atoms with Crippen molar-refractivity contribution in [2.24, 2.45) is 0 Å². The molecule has 0 saturated carbocycles. The Bertz CT molecular complexity index is 1240. The van der Waals surface area contributed by atoms with Crippen molar-refractivity contribution in [3.05, 3.63) is 86.5 Å². The third-order valence-corrected chi connectivity index (χ3v) is 8.17. The maximum Gasteiger partial charge on any atom is 0.134 e. The molecule has 1 fully saturated rings. The van der Waals surface area contributed by atoms with Gasteiger partial charge in [-0.25, -0.2) is 0 Å². The van der Waals surface area contributed by atoms with Crippen molar-refractivity contribution in [1.82, 2.24) is 0 Å². The van der Waals surface area contributed by atoms with E-state index in [1.165, 1.54) is 0 Å². The molecular formula is C31H38O4. The minimum atomic E-state index is -0.493. The summed E-state index contributed by atoms with van der Waals surface area (Å²) in [5.41, 5.74) is 8.52. The van der Waals surface area contributed by atoms with E-state index in [9.17, 15) is 10.2 Å². The van der Waals surface area contributed by atoms with Crippen LogP contribution < -0.4 is 4.74 Å². The molecule has 4 nitrogen and oxygen atoms in total. The molecule has 2 N–H and O–H groups in total. The summed E-state index contributed by atoms with van der Waals surface area (Å²) in [4.78, 5) is 0. The van der Waals surface area contributed by atoms with E-state index in [0.29, 0.717) is 6.61 Å². The van der Waals surface area contributed by atoms with Crippen molar-refractivity contribution < 1.29 is 19.7 Å². The Morgan fingerprint density at radius 2 is 1.14 bits per heavy atom. The Balaban J connectivity index is 2.02. The first-order valence-electron chi connectivity index (χ1n) is 12.3. The summed E-state index contributed by atoms with van der Waals surface area (Å²) < 4.78 is 12.3. The van der Waals surface area contributed by atoms with Crippen molar-refractivity contribution >= 4 is 0 Å². The monoisotopic (exact) mass is 474 g/mol. The zero-order valence-electron chi connectivity index (χ0n) is 22.5. The number of phenolic OH excluding ortho intramolecular Hbond substituents is 2. The van der Waals surface area contributed by atoms with Crippen LogP contribution in [0.4, 0.5) is 0 Å². The van der Waals surface area contributed by atoms with E-state index in [0.717, 1.165) is 55.8 Å². The van der Waals surface area contributed by atoms with Gasteiger partial charge in [0.15, 0.2) is 0 Å². The lowest BCUT2D eigenvalue weighted by Crippen LogP contribution is -2.43. The van der Waals surface area contributed by atoms with E-state index in [4.69, 9.17) is 9.47 Å². The molecule has 1 saturated heterocycles. The third-order valence-electron chi connectivity index (χ3n) is 8.17. The summed E-state index contributed by atoms with van der Waals surface area (Å²) in [6.07, 6.45) is 0. The number of ether oxygens (including phenoxy) is 2. The van der Waals surface area contributed by atoms with Crippen LogP contribution in [-0.2, 0) is 4.74 Å². The Hall–Kier alpha value is -2.98. The van der Waals surface area contributed by atoms with Crippen LogP contribution in [0, 0.1) is 41.5 Å². The quantitative estimate of drug-likeness (QED) is 0.296. The number of aryl methyl sites for hydroxylation is 3. The summed E-state index contributed by atoms with van der Waals surface area (Å²) in [6.45, 7) is 19.3. The van der Waals surface area contributed by atoms with Gasteiger partial charge in [0, 0.05) is 5.92 Å². The lowest BCUT2D eigenvalue weighted by atomic mass is 9.74. The van der Waals surface area contributed by atoms with E-state index >= 15 is 0 Å². The molecule has 4 heteroatoms. The number of hydrogen-bond donors (Lipinski definition) is 2. The van der Waals surface area contributed by atoms with Crippen LogP contribution in [0.1, 0.15) is 76.8 Å². The number of phenols is 2. The van der Waals surface area contributed by atoms with Crippen molar-refractivity contribution in [1.29, 1.82) is 0 Å². The highest BCUT2D eigenvalue weighted by molar-refractivity contribution is 5.62. The molecule has 0 radical (unpaired) electrons. The van der Waals surface area contributed by atoms with Crippen LogP contribution in [0.2, 0.25) is 0 Å². The smallest absolute Gasteiger partial charge is 0.134 e. The van der Waals surface area contributed by atoms with Gasteiger partial charge < -0.3 is 19.7 Å². The summed E-state index contributed by atoms with van der Waals surface area (Å²) in [6, 6.07) is 11.6. The van der Waals surface area contributed by atoms with Crippen LogP contribution in [0.3, 0.4) is 0 Å². The summed E-state index contributed by atoms with van der Waals surface area (Å²) in [5.74, 6) is 1.18. The van der Waals surface area contributed by atoms with Crippen molar-refractivity contribution in [3.8, 4) is 17.2 Å². The van der Waals surface area contributed by atoms with Crippen LogP contribution in [-0.4, -0.2) is 28.0 Å². The fraction of sp³-hybridized carbons (Fsp3) is 0.419. The first-order valence-corrected chi connectivity index (χ1v) is 12.3. The molecule has 4 rings (SSSR count). The Morgan fingerprint density at radius 3 is 1.57 bits per heavy atom. The first kappa shape index (κ1) is 25.1. The van der Waals surface area contributed by atoms with Crippen LogP contribution in [0.5, 0.6) is 17.2 Å². The highest BCUT2D eigenvalue weighted by atomic mass is 16.6.